The SMILES string of the molecule is CCC1CN(C(=O)C2CCCCC2C(=O)O)CCN1C. The van der Waals surface area contributed by atoms with Crippen molar-refractivity contribution in [2.24, 2.45) is 11.8 Å². The molecule has 5 nitrogen and oxygen atoms in total. The maximum atomic E-state index is 12.7. The third-order valence-electron chi connectivity index (χ3n) is 4.96. The van der Waals surface area contributed by atoms with Crippen LogP contribution in [-0.4, -0.2) is 59.5 Å². The van der Waals surface area contributed by atoms with Crippen molar-refractivity contribution >= 4 is 11.9 Å². The van der Waals surface area contributed by atoms with E-state index in [4.69, 9.17) is 0 Å². The summed E-state index contributed by atoms with van der Waals surface area (Å²) in [6, 6.07) is 0.402. The first-order valence-corrected chi connectivity index (χ1v) is 7.76. The Morgan fingerprint density at radius 3 is 2.40 bits per heavy atom. The zero-order chi connectivity index (χ0) is 14.7. The molecule has 1 saturated heterocycles. The fourth-order valence-corrected chi connectivity index (χ4v) is 3.54. The summed E-state index contributed by atoms with van der Waals surface area (Å²) in [5.74, 6) is -1.51. The smallest absolute Gasteiger partial charge is 0.307 e. The number of amides is 1. The fraction of sp³-hybridized carbons (Fsp3) is 0.867. The first-order valence-electron chi connectivity index (χ1n) is 7.76. The lowest BCUT2D eigenvalue weighted by Gasteiger charge is -2.41. The molecule has 1 amide bonds. The number of carbonyl (C=O) groups is 2. The minimum atomic E-state index is -0.802. The van der Waals surface area contributed by atoms with E-state index in [9.17, 15) is 14.7 Å². The van der Waals surface area contributed by atoms with Crippen LogP contribution >= 0.6 is 0 Å². The van der Waals surface area contributed by atoms with E-state index in [0.29, 0.717) is 12.5 Å². The number of carboxylic acid groups (broad SMARTS) is 1. The Labute approximate surface area is 120 Å². The van der Waals surface area contributed by atoms with Crippen LogP contribution in [0.5, 0.6) is 0 Å². The van der Waals surface area contributed by atoms with E-state index in [1.54, 1.807) is 0 Å². The van der Waals surface area contributed by atoms with Crippen LogP contribution in [0.3, 0.4) is 0 Å². The molecule has 114 valence electrons. The van der Waals surface area contributed by atoms with Gasteiger partial charge in [-0.1, -0.05) is 19.8 Å². The molecule has 1 aliphatic heterocycles. The van der Waals surface area contributed by atoms with Gasteiger partial charge in [0.15, 0.2) is 0 Å². The first kappa shape index (κ1) is 15.3. The molecule has 0 radical (unpaired) electrons. The maximum Gasteiger partial charge on any atom is 0.307 e. The van der Waals surface area contributed by atoms with E-state index < -0.39 is 11.9 Å². The Morgan fingerprint density at radius 2 is 1.80 bits per heavy atom. The summed E-state index contributed by atoms with van der Waals surface area (Å²) in [5.41, 5.74) is 0. The summed E-state index contributed by atoms with van der Waals surface area (Å²) in [5, 5.41) is 9.32. The zero-order valence-corrected chi connectivity index (χ0v) is 12.5. The second-order valence-corrected chi connectivity index (χ2v) is 6.16. The Bertz CT molecular complexity index is 372. The van der Waals surface area contributed by atoms with E-state index in [1.165, 1.54) is 0 Å². The molecule has 3 unspecified atom stereocenters. The van der Waals surface area contributed by atoms with Crippen LogP contribution in [0.1, 0.15) is 39.0 Å². The Hall–Kier alpha value is -1.10. The van der Waals surface area contributed by atoms with Crippen LogP contribution < -0.4 is 0 Å². The molecule has 2 aliphatic rings. The third-order valence-corrected chi connectivity index (χ3v) is 4.96. The molecule has 20 heavy (non-hydrogen) atoms. The van der Waals surface area contributed by atoms with Crippen LogP contribution in [0, 0.1) is 11.8 Å². The number of aliphatic carboxylic acids is 1. The number of hydrogen-bond acceptors (Lipinski definition) is 3. The van der Waals surface area contributed by atoms with E-state index in [0.717, 1.165) is 45.3 Å². The summed E-state index contributed by atoms with van der Waals surface area (Å²) in [6.07, 6.45) is 4.31. The molecular weight excluding hydrogens is 256 g/mol. The van der Waals surface area contributed by atoms with Crippen molar-refractivity contribution in [3.05, 3.63) is 0 Å². The van der Waals surface area contributed by atoms with E-state index >= 15 is 0 Å². The second-order valence-electron chi connectivity index (χ2n) is 6.16. The van der Waals surface area contributed by atoms with Gasteiger partial charge in [0.1, 0.15) is 0 Å². The number of hydrogen-bond donors (Lipinski definition) is 1. The van der Waals surface area contributed by atoms with Crippen molar-refractivity contribution in [1.29, 1.82) is 0 Å². The number of piperazine rings is 1. The van der Waals surface area contributed by atoms with Crippen LogP contribution in [0.2, 0.25) is 0 Å². The second kappa shape index (κ2) is 6.57. The molecule has 0 aromatic carbocycles. The maximum absolute atomic E-state index is 12.7. The largest absolute Gasteiger partial charge is 0.481 e. The van der Waals surface area contributed by atoms with Crippen molar-refractivity contribution in [2.45, 2.75) is 45.1 Å². The van der Waals surface area contributed by atoms with Gasteiger partial charge >= 0.3 is 5.97 Å². The zero-order valence-electron chi connectivity index (χ0n) is 12.5. The molecule has 0 spiro atoms. The molecule has 2 rings (SSSR count). The third kappa shape index (κ3) is 3.14. The molecule has 0 aromatic rings. The molecule has 0 bridgehead atoms. The van der Waals surface area contributed by atoms with Crippen molar-refractivity contribution in [1.82, 2.24) is 9.80 Å². The van der Waals surface area contributed by atoms with Crippen molar-refractivity contribution < 1.29 is 14.7 Å². The highest BCUT2D eigenvalue weighted by molar-refractivity contribution is 5.85. The normalized spacial score (nSPS) is 32.1. The Balaban J connectivity index is 2.04. The molecular formula is C15H26N2O3. The summed E-state index contributed by atoms with van der Waals surface area (Å²) >= 11 is 0. The number of likely N-dealkylation sites (N-methyl/N-ethyl adjacent to an activating group) is 1. The average Bonchev–Trinajstić information content (AvgIpc) is 2.47. The van der Waals surface area contributed by atoms with Crippen molar-refractivity contribution in [3.8, 4) is 0 Å². The van der Waals surface area contributed by atoms with Gasteiger partial charge in [0.05, 0.1) is 11.8 Å². The predicted molar refractivity (Wildman–Crippen MR) is 76.4 cm³/mol. The minimum absolute atomic E-state index is 0.0728. The number of rotatable bonds is 3. The van der Waals surface area contributed by atoms with Crippen molar-refractivity contribution in [3.63, 3.8) is 0 Å². The molecule has 5 heteroatoms. The van der Waals surface area contributed by atoms with Gasteiger partial charge in [0, 0.05) is 25.7 Å². The highest BCUT2D eigenvalue weighted by atomic mass is 16.4. The lowest BCUT2D eigenvalue weighted by molar-refractivity contribution is -0.153. The summed E-state index contributed by atoms with van der Waals surface area (Å²) in [6.45, 7) is 4.49. The highest BCUT2D eigenvalue weighted by Crippen LogP contribution is 2.32. The van der Waals surface area contributed by atoms with Gasteiger partial charge in [-0.05, 0) is 26.3 Å². The van der Waals surface area contributed by atoms with E-state index in [2.05, 4.69) is 18.9 Å². The predicted octanol–water partition coefficient (Wildman–Crippen LogP) is 1.43. The Morgan fingerprint density at radius 1 is 1.15 bits per heavy atom. The van der Waals surface area contributed by atoms with Crippen LogP contribution in [-0.2, 0) is 9.59 Å². The van der Waals surface area contributed by atoms with Gasteiger partial charge in [-0.2, -0.15) is 0 Å². The number of nitrogens with zero attached hydrogens (tertiary/aromatic N) is 2. The van der Waals surface area contributed by atoms with Crippen LogP contribution in [0.4, 0.5) is 0 Å². The molecule has 1 saturated carbocycles. The number of carbonyl (C=O) groups excluding carboxylic acids is 1. The number of carboxylic acids is 1. The molecule has 1 heterocycles. The molecule has 3 atom stereocenters. The minimum Gasteiger partial charge on any atom is -0.481 e. The molecule has 0 aromatic heterocycles. The van der Waals surface area contributed by atoms with Gasteiger partial charge in [-0.25, -0.2) is 0 Å². The fourth-order valence-electron chi connectivity index (χ4n) is 3.54. The van der Waals surface area contributed by atoms with E-state index in [1.807, 2.05) is 4.90 Å². The standard InChI is InChI=1S/C15H26N2O3/c1-3-11-10-17(9-8-16(11)2)14(18)12-6-4-5-7-13(12)15(19)20/h11-13H,3-10H2,1-2H3,(H,19,20). The van der Waals surface area contributed by atoms with Gasteiger partial charge < -0.3 is 10.0 Å². The summed E-state index contributed by atoms with van der Waals surface area (Å²) < 4.78 is 0. The van der Waals surface area contributed by atoms with Gasteiger partial charge in [0.2, 0.25) is 5.91 Å². The topological polar surface area (TPSA) is 60.9 Å². The highest BCUT2D eigenvalue weighted by Gasteiger charge is 2.39. The quantitative estimate of drug-likeness (QED) is 0.850. The lowest BCUT2D eigenvalue weighted by atomic mass is 9.78. The molecule has 2 fully saturated rings. The molecule has 1 aliphatic carbocycles. The summed E-state index contributed by atoms with van der Waals surface area (Å²) in [7, 11) is 2.09. The van der Waals surface area contributed by atoms with Gasteiger partial charge in [-0.15, -0.1) is 0 Å². The van der Waals surface area contributed by atoms with Crippen LogP contribution in [0.15, 0.2) is 0 Å². The average molecular weight is 282 g/mol. The van der Waals surface area contributed by atoms with Crippen molar-refractivity contribution in [2.75, 3.05) is 26.7 Å². The molecule has 1 N–H and O–H groups in total. The Kier molecular flexibility index (Phi) is 5.02. The van der Waals surface area contributed by atoms with E-state index in [-0.39, 0.29) is 11.8 Å². The first-order chi connectivity index (χ1) is 9.54. The monoisotopic (exact) mass is 282 g/mol. The lowest BCUT2D eigenvalue weighted by Crippen LogP contribution is -2.55. The van der Waals surface area contributed by atoms with Gasteiger partial charge in [0.25, 0.3) is 0 Å². The van der Waals surface area contributed by atoms with Crippen LogP contribution in [0.25, 0.3) is 0 Å². The van der Waals surface area contributed by atoms with Gasteiger partial charge in [-0.3, -0.25) is 14.5 Å². The summed E-state index contributed by atoms with van der Waals surface area (Å²) in [4.78, 5) is 28.2.